The number of aromatic nitrogens is 3. The van der Waals surface area contributed by atoms with Gasteiger partial charge in [0.1, 0.15) is 0 Å². The largest absolute Gasteiger partial charge is 0.397 e. The lowest BCUT2D eigenvalue weighted by molar-refractivity contribution is 1.11. The minimum absolute atomic E-state index is 0.692. The zero-order valence-electron chi connectivity index (χ0n) is 9.72. The van der Waals surface area contributed by atoms with Crippen LogP contribution in [0.15, 0.2) is 42.9 Å². The number of H-pyrrole nitrogens is 1. The first-order valence-corrected chi connectivity index (χ1v) is 5.68. The molecule has 0 fully saturated rings. The normalized spacial score (nSPS) is 10.7. The molecule has 5 nitrogen and oxygen atoms in total. The summed E-state index contributed by atoms with van der Waals surface area (Å²) in [6.45, 7) is 0.692. The molecule has 0 aliphatic carbocycles. The number of nitrogen functional groups attached to an aromatic ring is 1. The highest BCUT2D eigenvalue weighted by Gasteiger charge is 2.03. The maximum atomic E-state index is 5.99. The van der Waals surface area contributed by atoms with Gasteiger partial charge in [0.25, 0.3) is 0 Å². The third-order valence-corrected chi connectivity index (χ3v) is 2.82. The molecule has 4 N–H and O–H groups in total. The Morgan fingerprint density at radius 3 is 3.06 bits per heavy atom. The smallest absolute Gasteiger partial charge is 0.0672 e. The number of nitrogens with zero attached hydrogens (tertiary/aromatic N) is 2. The van der Waals surface area contributed by atoms with Crippen LogP contribution in [0.3, 0.4) is 0 Å². The molecule has 0 saturated heterocycles. The van der Waals surface area contributed by atoms with Crippen molar-refractivity contribution in [1.82, 2.24) is 15.2 Å². The Hall–Kier alpha value is -2.56. The van der Waals surface area contributed by atoms with E-state index in [-0.39, 0.29) is 0 Å². The summed E-state index contributed by atoms with van der Waals surface area (Å²) in [4.78, 5) is 4.07. The molecule has 2 aromatic heterocycles. The van der Waals surface area contributed by atoms with Gasteiger partial charge in [-0.1, -0.05) is 6.07 Å². The summed E-state index contributed by atoms with van der Waals surface area (Å²) in [5.74, 6) is 0. The molecule has 0 radical (unpaired) electrons. The van der Waals surface area contributed by atoms with Crippen molar-refractivity contribution in [3.05, 3.63) is 48.4 Å². The number of nitrogens with one attached hydrogen (secondary N) is 2. The number of anilines is 2. The molecule has 0 bridgehead atoms. The number of hydrogen-bond acceptors (Lipinski definition) is 4. The van der Waals surface area contributed by atoms with Crippen LogP contribution < -0.4 is 11.1 Å². The SMILES string of the molecule is Nc1cc2cn[nH]c2cc1NCc1cccnc1. The first-order valence-electron chi connectivity index (χ1n) is 5.68. The van der Waals surface area contributed by atoms with Crippen LogP contribution in [0.25, 0.3) is 10.9 Å². The molecular formula is C13H13N5. The molecule has 5 heteroatoms. The molecule has 0 spiro atoms. The van der Waals surface area contributed by atoms with Crippen LogP contribution in [-0.2, 0) is 6.54 Å². The van der Waals surface area contributed by atoms with Crippen molar-refractivity contribution in [2.24, 2.45) is 0 Å². The zero-order chi connectivity index (χ0) is 12.4. The Balaban J connectivity index is 1.84. The third-order valence-electron chi connectivity index (χ3n) is 2.82. The van der Waals surface area contributed by atoms with Gasteiger partial charge in [0, 0.05) is 24.3 Å². The highest BCUT2D eigenvalue weighted by molar-refractivity contribution is 5.88. The fourth-order valence-corrected chi connectivity index (χ4v) is 1.86. The molecule has 1 aromatic carbocycles. The van der Waals surface area contributed by atoms with E-state index >= 15 is 0 Å². The number of fused-ring (bicyclic) bond motifs is 1. The second-order valence-electron chi connectivity index (χ2n) is 4.11. The van der Waals surface area contributed by atoms with Gasteiger partial charge in [-0.15, -0.1) is 0 Å². The molecule has 18 heavy (non-hydrogen) atoms. The highest BCUT2D eigenvalue weighted by Crippen LogP contribution is 2.24. The lowest BCUT2D eigenvalue weighted by Gasteiger charge is -2.09. The molecule has 0 aliphatic rings. The second kappa shape index (κ2) is 4.37. The Kier molecular flexibility index (Phi) is 2.57. The van der Waals surface area contributed by atoms with E-state index in [1.807, 2.05) is 30.5 Å². The number of nitrogens with two attached hydrogens (primary N) is 1. The van der Waals surface area contributed by atoms with Crippen LogP contribution in [0.1, 0.15) is 5.56 Å². The van der Waals surface area contributed by atoms with Gasteiger partial charge >= 0.3 is 0 Å². The molecule has 90 valence electrons. The predicted octanol–water partition coefficient (Wildman–Crippen LogP) is 2.15. The number of rotatable bonds is 3. The molecule has 0 unspecified atom stereocenters. The van der Waals surface area contributed by atoms with Crippen molar-refractivity contribution in [3.8, 4) is 0 Å². The van der Waals surface area contributed by atoms with E-state index in [1.54, 1.807) is 12.4 Å². The van der Waals surface area contributed by atoms with Crippen molar-refractivity contribution in [2.75, 3.05) is 11.1 Å². The molecule has 3 aromatic rings. The molecule has 0 amide bonds. The van der Waals surface area contributed by atoms with Gasteiger partial charge in [-0.2, -0.15) is 5.10 Å². The number of hydrogen-bond donors (Lipinski definition) is 3. The summed E-state index contributed by atoms with van der Waals surface area (Å²) in [7, 11) is 0. The van der Waals surface area contributed by atoms with Crippen LogP contribution in [0.5, 0.6) is 0 Å². The molecule has 0 atom stereocenters. The monoisotopic (exact) mass is 239 g/mol. The number of aromatic amines is 1. The fraction of sp³-hybridized carbons (Fsp3) is 0.0769. The van der Waals surface area contributed by atoms with Gasteiger partial charge in [0.2, 0.25) is 0 Å². The van der Waals surface area contributed by atoms with E-state index in [9.17, 15) is 0 Å². The molecule has 3 rings (SSSR count). The van der Waals surface area contributed by atoms with Crippen LogP contribution >= 0.6 is 0 Å². The molecule has 0 saturated carbocycles. The van der Waals surface area contributed by atoms with E-state index in [0.717, 1.165) is 22.2 Å². The Morgan fingerprint density at radius 1 is 1.28 bits per heavy atom. The van der Waals surface area contributed by atoms with E-state index in [2.05, 4.69) is 20.5 Å². The Bertz CT molecular complexity index is 659. The van der Waals surface area contributed by atoms with Gasteiger partial charge < -0.3 is 11.1 Å². The summed E-state index contributed by atoms with van der Waals surface area (Å²) in [5.41, 5.74) is 9.69. The van der Waals surface area contributed by atoms with E-state index in [1.165, 1.54) is 0 Å². The summed E-state index contributed by atoms with van der Waals surface area (Å²) in [5, 5.41) is 11.2. The average molecular weight is 239 g/mol. The van der Waals surface area contributed by atoms with E-state index in [4.69, 9.17) is 5.73 Å². The number of benzene rings is 1. The lowest BCUT2D eigenvalue weighted by atomic mass is 10.2. The highest BCUT2D eigenvalue weighted by atomic mass is 15.1. The fourth-order valence-electron chi connectivity index (χ4n) is 1.86. The summed E-state index contributed by atoms with van der Waals surface area (Å²) >= 11 is 0. The second-order valence-corrected chi connectivity index (χ2v) is 4.11. The van der Waals surface area contributed by atoms with Crippen molar-refractivity contribution in [1.29, 1.82) is 0 Å². The predicted molar refractivity (Wildman–Crippen MR) is 72.1 cm³/mol. The third kappa shape index (κ3) is 1.98. The van der Waals surface area contributed by atoms with Crippen molar-refractivity contribution in [3.63, 3.8) is 0 Å². The number of pyridine rings is 1. The Morgan fingerprint density at radius 2 is 2.22 bits per heavy atom. The van der Waals surface area contributed by atoms with Crippen molar-refractivity contribution >= 4 is 22.3 Å². The van der Waals surface area contributed by atoms with Gasteiger partial charge in [-0.05, 0) is 23.8 Å². The average Bonchev–Trinajstić information content (AvgIpc) is 2.84. The maximum Gasteiger partial charge on any atom is 0.0672 e. The van der Waals surface area contributed by atoms with Gasteiger partial charge in [-0.3, -0.25) is 10.1 Å². The molecule has 0 aliphatic heterocycles. The molecular weight excluding hydrogens is 226 g/mol. The first-order chi connectivity index (χ1) is 8.83. The van der Waals surface area contributed by atoms with Gasteiger partial charge in [-0.25, -0.2) is 0 Å². The minimum atomic E-state index is 0.692. The zero-order valence-corrected chi connectivity index (χ0v) is 9.72. The van der Waals surface area contributed by atoms with Crippen molar-refractivity contribution in [2.45, 2.75) is 6.54 Å². The van der Waals surface area contributed by atoms with Crippen LogP contribution in [0.2, 0.25) is 0 Å². The lowest BCUT2D eigenvalue weighted by Crippen LogP contribution is -2.02. The summed E-state index contributed by atoms with van der Waals surface area (Å²) in [6, 6.07) is 7.81. The maximum absolute atomic E-state index is 5.99. The van der Waals surface area contributed by atoms with Gasteiger partial charge in [0.05, 0.1) is 23.1 Å². The topological polar surface area (TPSA) is 79.6 Å². The molecule has 2 heterocycles. The Labute approximate surface area is 104 Å². The van der Waals surface area contributed by atoms with Crippen LogP contribution in [0, 0.1) is 0 Å². The summed E-state index contributed by atoms with van der Waals surface area (Å²) < 4.78 is 0. The summed E-state index contributed by atoms with van der Waals surface area (Å²) in [6.07, 6.45) is 5.35. The van der Waals surface area contributed by atoms with Gasteiger partial charge in [0.15, 0.2) is 0 Å². The van der Waals surface area contributed by atoms with Crippen molar-refractivity contribution < 1.29 is 0 Å². The minimum Gasteiger partial charge on any atom is -0.397 e. The van der Waals surface area contributed by atoms with Crippen LogP contribution in [0.4, 0.5) is 11.4 Å². The first kappa shape index (κ1) is 10.6. The quantitative estimate of drug-likeness (QED) is 0.612. The van der Waals surface area contributed by atoms with E-state index < -0.39 is 0 Å². The standard InChI is InChI=1S/C13H13N5/c14-11-4-10-8-17-18-12(10)5-13(11)16-7-9-2-1-3-15-6-9/h1-6,8,16H,7,14H2,(H,17,18). The van der Waals surface area contributed by atoms with Crippen LogP contribution in [-0.4, -0.2) is 15.2 Å². The van der Waals surface area contributed by atoms with E-state index in [0.29, 0.717) is 12.2 Å².